The molecule has 112 valence electrons. The van der Waals surface area contributed by atoms with Gasteiger partial charge in [0.15, 0.2) is 0 Å². The van der Waals surface area contributed by atoms with Crippen LogP contribution in [0.25, 0.3) is 0 Å². The number of hydrogen-bond donors (Lipinski definition) is 1. The standard InChI is InChI=1S/C12H16ClFN2O3S/c1-3-15-12(17)8-16(4-2)20(18,19)11-6-5-9(14)7-10(11)13/h5-7H,3-4,8H2,1-2H3,(H,15,17). The SMILES string of the molecule is CCNC(=O)CN(CC)S(=O)(=O)c1ccc(F)cc1Cl. The van der Waals surface area contributed by atoms with E-state index in [-0.39, 0.29) is 23.0 Å². The van der Waals surface area contributed by atoms with E-state index >= 15 is 0 Å². The largest absolute Gasteiger partial charge is 0.355 e. The summed E-state index contributed by atoms with van der Waals surface area (Å²) in [5.41, 5.74) is 0. The summed E-state index contributed by atoms with van der Waals surface area (Å²) in [6.45, 7) is 3.55. The van der Waals surface area contributed by atoms with E-state index in [0.29, 0.717) is 6.54 Å². The maximum absolute atomic E-state index is 13.0. The Labute approximate surface area is 122 Å². The molecule has 1 aromatic carbocycles. The highest BCUT2D eigenvalue weighted by Gasteiger charge is 2.27. The Hall–Kier alpha value is -1.18. The van der Waals surface area contributed by atoms with Crippen molar-refractivity contribution < 1.29 is 17.6 Å². The third-order valence-electron chi connectivity index (χ3n) is 2.56. The van der Waals surface area contributed by atoms with Gasteiger partial charge in [-0.1, -0.05) is 18.5 Å². The van der Waals surface area contributed by atoms with Crippen LogP contribution in [-0.2, 0) is 14.8 Å². The van der Waals surface area contributed by atoms with Gasteiger partial charge in [0.05, 0.1) is 11.6 Å². The minimum Gasteiger partial charge on any atom is -0.355 e. The second kappa shape index (κ2) is 7.01. The topological polar surface area (TPSA) is 66.5 Å². The first-order valence-electron chi connectivity index (χ1n) is 6.04. The van der Waals surface area contributed by atoms with Crippen molar-refractivity contribution in [1.82, 2.24) is 9.62 Å². The Balaban J connectivity index is 3.09. The molecule has 0 aliphatic carbocycles. The molecule has 0 aliphatic rings. The van der Waals surface area contributed by atoms with Gasteiger partial charge in [0, 0.05) is 13.1 Å². The predicted octanol–water partition coefficient (Wildman–Crippen LogP) is 1.63. The monoisotopic (exact) mass is 322 g/mol. The molecule has 1 N–H and O–H groups in total. The molecule has 1 amide bonds. The summed E-state index contributed by atoms with van der Waals surface area (Å²) >= 11 is 5.77. The predicted molar refractivity (Wildman–Crippen MR) is 74.5 cm³/mol. The summed E-state index contributed by atoms with van der Waals surface area (Å²) in [4.78, 5) is 11.3. The van der Waals surface area contributed by atoms with Crippen molar-refractivity contribution in [3.05, 3.63) is 29.0 Å². The molecule has 0 aromatic heterocycles. The highest BCUT2D eigenvalue weighted by atomic mass is 35.5. The molecule has 1 aromatic rings. The summed E-state index contributed by atoms with van der Waals surface area (Å²) in [5, 5.41) is 2.31. The van der Waals surface area contributed by atoms with E-state index in [4.69, 9.17) is 11.6 Å². The van der Waals surface area contributed by atoms with Crippen molar-refractivity contribution in [2.75, 3.05) is 19.6 Å². The van der Waals surface area contributed by atoms with Gasteiger partial charge in [0.25, 0.3) is 0 Å². The van der Waals surface area contributed by atoms with Crippen LogP contribution in [0.3, 0.4) is 0 Å². The summed E-state index contributed by atoms with van der Waals surface area (Å²) in [6, 6.07) is 3.03. The number of halogens is 2. The Morgan fingerprint density at radius 1 is 1.40 bits per heavy atom. The fraction of sp³-hybridized carbons (Fsp3) is 0.417. The Bertz CT molecular complexity index is 592. The van der Waals surface area contributed by atoms with Gasteiger partial charge < -0.3 is 5.32 Å². The van der Waals surface area contributed by atoms with Crippen LogP contribution < -0.4 is 5.32 Å². The summed E-state index contributed by atoms with van der Waals surface area (Å²) in [7, 11) is -3.94. The number of carbonyl (C=O) groups excluding carboxylic acids is 1. The van der Waals surface area contributed by atoms with Crippen molar-refractivity contribution in [2.45, 2.75) is 18.7 Å². The number of rotatable bonds is 6. The number of nitrogens with zero attached hydrogens (tertiary/aromatic N) is 1. The molecule has 0 unspecified atom stereocenters. The van der Waals surface area contributed by atoms with Crippen LogP contribution in [0.15, 0.2) is 23.1 Å². The van der Waals surface area contributed by atoms with Crippen molar-refractivity contribution in [1.29, 1.82) is 0 Å². The maximum Gasteiger partial charge on any atom is 0.245 e. The third kappa shape index (κ3) is 3.91. The molecule has 0 fully saturated rings. The molecule has 0 saturated carbocycles. The van der Waals surface area contributed by atoms with Gasteiger partial charge in [-0.25, -0.2) is 12.8 Å². The van der Waals surface area contributed by atoms with Crippen LogP contribution >= 0.6 is 11.6 Å². The first kappa shape index (κ1) is 16.9. The zero-order chi connectivity index (χ0) is 15.3. The van der Waals surface area contributed by atoms with Crippen molar-refractivity contribution >= 4 is 27.5 Å². The number of sulfonamides is 1. The summed E-state index contributed by atoms with van der Waals surface area (Å²) in [6.07, 6.45) is 0. The molecule has 0 atom stereocenters. The van der Waals surface area contributed by atoms with Gasteiger partial charge in [0.1, 0.15) is 10.7 Å². The second-order valence-corrected chi connectivity index (χ2v) is 6.27. The molecule has 0 radical (unpaired) electrons. The van der Waals surface area contributed by atoms with E-state index in [0.717, 1.165) is 22.5 Å². The quantitative estimate of drug-likeness (QED) is 0.865. The number of nitrogens with one attached hydrogen (secondary N) is 1. The molecule has 5 nitrogen and oxygen atoms in total. The second-order valence-electron chi connectivity index (χ2n) is 3.96. The van der Waals surface area contributed by atoms with Crippen LogP contribution in [0.2, 0.25) is 5.02 Å². The van der Waals surface area contributed by atoms with Gasteiger partial charge in [-0.15, -0.1) is 0 Å². The molecular formula is C12H16ClFN2O3S. The molecule has 0 saturated heterocycles. The number of likely N-dealkylation sites (N-methyl/N-ethyl adjacent to an activating group) is 2. The van der Waals surface area contributed by atoms with Gasteiger partial charge >= 0.3 is 0 Å². The lowest BCUT2D eigenvalue weighted by atomic mass is 10.3. The molecule has 20 heavy (non-hydrogen) atoms. The number of benzene rings is 1. The fourth-order valence-corrected chi connectivity index (χ4v) is 3.51. The van der Waals surface area contributed by atoms with Crippen molar-refractivity contribution in [3.63, 3.8) is 0 Å². The number of hydrogen-bond acceptors (Lipinski definition) is 3. The lowest BCUT2D eigenvalue weighted by Gasteiger charge is -2.20. The van der Waals surface area contributed by atoms with Gasteiger partial charge in [-0.2, -0.15) is 4.31 Å². The average Bonchev–Trinajstić information content (AvgIpc) is 2.35. The van der Waals surface area contributed by atoms with E-state index < -0.39 is 21.7 Å². The van der Waals surface area contributed by atoms with Crippen molar-refractivity contribution in [2.24, 2.45) is 0 Å². The lowest BCUT2D eigenvalue weighted by molar-refractivity contribution is -0.121. The van der Waals surface area contributed by atoms with Gasteiger partial charge in [-0.05, 0) is 25.1 Å². The maximum atomic E-state index is 13.0. The molecule has 0 bridgehead atoms. The van der Waals surface area contributed by atoms with E-state index in [1.807, 2.05) is 0 Å². The normalized spacial score (nSPS) is 11.7. The molecule has 1 rings (SSSR count). The molecule has 0 aliphatic heterocycles. The van der Waals surface area contributed by atoms with Crippen LogP contribution in [0.1, 0.15) is 13.8 Å². The lowest BCUT2D eigenvalue weighted by Crippen LogP contribution is -2.40. The van der Waals surface area contributed by atoms with Crippen LogP contribution in [0, 0.1) is 5.82 Å². The van der Waals surface area contributed by atoms with Crippen LogP contribution in [-0.4, -0.2) is 38.3 Å². The van der Waals surface area contributed by atoms with Gasteiger partial charge in [0.2, 0.25) is 15.9 Å². The molecule has 0 heterocycles. The highest BCUT2D eigenvalue weighted by Crippen LogP contribution is 2.25. The number of carbonyl (C=O) groups is 1. The smallest absolute Gasteiger partial charge is 0.245 e. The van der Waals surface area contributed by atoms with E-state index in [9.17, 15) is 17.6 Å². The molecular weight excluding hydrogens is 307 g/mol. The minimum atomic E-state index is -3.94. The van der Waals surface area contributed by atoms with Crippen LogP contribution in [0.4, 0.5) is 4.39 Å². The molecule has 0 spiro atoms. The zero-order valence-electron chi connectivity index (χ0n) is 11.2. The van der Waals surface area contributed by atoms with Crippen molar-refractivity contribution in [3.8, 4) is 0 Å². The zero-order valence-corrected chi connectivity index (χ0v) is 12.8. The first-order chi connectivity index (χ1) is 9.32. The minimum absolute atomic E-state index is 0.104. The fourth-order valence-electron chi connectivity index (χ4n) is 1.60. The average molecular weight is 323 g/mol. The van der Waals surface area contributed by atoms with E-state index in [2.05, 4.69) is 5.32 Å². The van der Waals surface area contributed by atoms with E-state index in [1.165, 1.54) is 0 Å². The first-order valence-corrected chi connectivity index (χ1v) is 7.86. The third-order valence-corrected chi connectivity index (χ3v) is 4.96. The molecule has 8 heteroatoms. The van der Waals surface area contributed by atoms with Crippen LogP contribution in [0.5, 0.6) is 0 Å². The Kier molecular flexibility index (Phi) is 5.91. The Morgan fingerprint density at radius 3 is 2.55 bits per heavy atom. The Morgan fingerprint density at radius 2 is 2.05 bits per heavy atom. The highest BCUT2D eigenvalue weighted by molar-refractivity contribution is 7.89. The number of amides is 1. The summed E-state index contributed by atoms with van der Waals surface area (Å²) < 4.78 is 38.7. The van der Waals surface area contributed by atoms with Gasteiger partial charge in [-0.3, -0.25) is 4.79 Å². The van der Waals surface area contributed by atoms with E-state index in [1.54, 1.807) is 13.8 Å². The summed E-state index contributed by atoms with van der Waals surface area (Å²) in [5.74, 6) is -1.03.